The van der Waals surface area contributed by atoms with Crippen molar-refractivity contribution in [2.75, 3.05) is 61.9 Å². The normalized spacial score (nSPS) is 26.3. The quantitative estimate of drug-likeness (QED) is 0.136. The average molecular weight is 838 g/mol. The van der Waals surface area contributed by atoms with Crippen LogP contribution in [0.15, 0.2) is 103 Å². The van der Waals surface area contributed by atoms with Crippen LogP contribution in [0.2, 0.25) is 10.0 Å². The van der Waals surface area contributed by atoms with E-state index in [9.17, 15) is 14.7 Å². The molecule has 6 atom stereocenters. The number of nitrogens with one attached hydrogen (secondary N) is 1. The number of hydrazine groups is 1. The van der Waals surface area contributed by atoms with Gasteiger partial charge in [0.2, 0.25) is 11.8 Å². The first-order valence-electron chi connectivity index (χ1n) is 19.7. The van der Waals surface area contributed by atoms with Crippen molar-refractivity contribution in [1.82, 2.24) is 5.01 Å². The van der Waals surface area contributed by atoms with Crippen LogP contribution in [0.25, 0.3) is 0 Å². The highest BCUT2D eigenvalue weighted by Gasteiger charge is 2.70. The molecule has 1 saturated carbocycles. The SMILES string of the molecule is COc1ccc(C23C(=O)N(Nc4ccc(Cl)cc4Cl)C(=O)C2CC2C(=CCC4C(=O)N(c5ccc(N6CCOCC6)cc5)C(=O)C42)C3c2ccccc2OCCO)cc1. The molecule has 3 aliphatic heterocycles. The topological polar surface area (TPSA) is 138 Å². The van der Waals surface area contributed by atoms with Crippen LogP contribution in [0.1, 0.15) is 29.9 Å². The Balaban J connectivity index is 1.18. The summed E-state index contributed by atoms with van der Waals surface area (Å²) in [6.45, 7) is 2.48. The molecule has 9 rings (SSSR count). The van der Waals surface area contributed by atoms with Gasteiger partial charge >= 0.3 is 0 Å². The fourth-order valence-corrected chi connectivity index (χ4v) is 10.5. The van der Waals surface area contributed by atoms with Gasteiger partial charge in [-0.3, -0.25) is 29.5 Å². The molecule has 4 aromatic rings. The van der Waals surface area contributed by atoms with Crippen molar-refractivity contribution >= 4 is 63.9 Å². The number of hydrogen-bond acceptors (Lipinski definition) is 10. The van der Waals surface area contributed by atoms with E-state index in [4.69, 9.17) is 37.4 Å². The maximum absolute atomic E-state index is 15.6. The molecule has 3 saturated heterocycles. The lowest BCUT2D eigenvalue weighted by Crippen LogP contribution is -2.53. The molecule has 2 N–H and O–H groups in total. The van der Waals surface area contributed by atoms with Gasteiger partial charge in [0.25, 0.3) is 11.8 Å². The second-order valence-electron chi connectivity index (χ2n) is 15.4. The van der Waals surface area contributed by atoms with Crippen molar-refractivity contribution in [3.63, 3.8) is 0 Å². The lowest BCUT2D eigenvalue weighted by atomic mass is 9.49. The second kappa shape index (κ2) is 15.6. The van der Waals surface area contributed by atoms with E-state index in [0.717, 1.165) is 29.4 Å². The van der Waals surface area contributed by atoms with Crippen molar-refractivity contribution in [2.45, 2.75) is 24.2 Å². The molecule has 3 heterocycles. The van der Waals surface area contributed by atoms with Gasteiger partial charge in [0.1, 0.15) is 18.1 Å². The Morgan fingerprint density at radius 3 is 2.31 bits per heavy atom. The number of imide groups is 2. The minimum absolute atomic E-state index is 0.0161. The molecule has 0 bridgehead atoms. The number of methoxy groups -OCH3 is 1. The Bertz CT molecular complexity index is 2350. The van der Waals surface area contributed by atoms with Gasteiger partial charge in [-0.25, -0.2) is 0 Å². The number of allylic oxidation sites excluding steroid dienone is 2. The monoisotopic (exact) mass is 836 g/mol. The lowest BCUT2D eigenvalue weighted by molar-refractivity contribution is -0.138. The highest BCUT2D eigenvalue weighted by atomic mass is 35.5. The first kappa shape index (κ1) is 39.1. The van der Waals surface area contributed by atoms with Gasteiger partial charge < -0.3 is 24.2 Å². The number of nitrogens with zero attached hydrogens (tertiary/aromatic N) is 3. The molecule has 12 nitrogen and oxygen atoms in total. The Hall–Kier alpha value is -5.40. The number of amides is 4. The Labute approximate surface area is 351 Å². The van der Waals surface area contributed by atoms with Crippen molar-refractivity contribution in [3.8, 4) is 11.5 Å². The van der Waals surface area contributed by atoms with E-state index in [0.29, 0.717) is 52.2 Å². The smallest absolute Gasteiger partial charge is 0.260 e. The molecule has 59 heavy (non-hydrogen) atoms. The number of morpholine rings is 1. The predicted octanol–water partition coefficient (Wildman–Crippen LogP) is 6.40. The largest absolute Gasteiger partial charge is 0.497 e. The number of rotatable bonds is 10. The van der Waals surface area contributed by atoms with E-state index < -0.39 is 46.8 Å². The summed E-state index contributed by atoms with van der Waals surface area (Å²) in [5, 5.41) is 11.5. The first-order chi connectivity index (χ1) is 28.7. The number of aliphatic hydroxyl groups excluding tert-OH is 1. The number of carbonyl (C=O) groups excluding carboxylic acids is 4. The van der Waals surface area contributed by atoms with Crippen LogP contribution >= 0.6 is 23.2 Å². The lowest BCUT2D eigenvalue weighted by Gasteiger charge is -2.50. The number of aliphatic hydroxyl groups is 1. The third-order valence-electron chi connectivity index (χ3n) is 12.6. The van der Waals surface area contributed by atoms with Crippen molar-refractivity contribution in [1.29, 1.82) is 0 Å². The molecule has 0 spiro atoms. The van der Waals surface area contributed by atoms with Crippen LogP contribution in [0.4, 0.5) is 17.1 Å². The van der Waals surface area contributed by atoms with Crippen LogP contribution in [0.5, 0.6) is 11.5 Å². The van der Waals surface area contributed by atoms with Crippen LogP contribution < -0.4 is 24.7 Å². The summed E-state index contributed by atoms with van der Waals surface area (Å²) in [7, 11) is 1.55. The number of carbonyl (C=O) groups is 4. The zero-order chi connectivity index (χ0) is 41.0. The summed E-state index contributed by atoms with van der Waals surface area (Å²) >= 11 is 12.8. The zero-order valence-electron chi connectivity index (χ0n) is 32.2. The highest BCUT2D eigenvalue weighted by Crippen LogP contribution is 2.65. The summed E-state index contributed by atoms with van der Waals surface area (Å²) in [4.78, 5) is 63.5. The van der Waals surface area contributed by atoms with Crippen molar-refractivity contribution in [2.24, 2.45) is 23.7 Å². The van der Waals surface area contributed by atoms with Gasteiger partial charge in [0.15, 0.2) is 0 Å². The van der Waals surface area contributed by atoms with Gasteiger partial charge in [-0.1, -0.05) is 65.2 Å². The van der Waals surface area contributed by atoms with Crippen LogP contribution in [0, 0.1) is 23.7 Å². The number of benzene rings is 4. The molecule has 4 aromatic carbocycles. The molecule has 0 radical (unpaired) electrons. The highest BCUT2D eigenvalue weighted by molar-refractivity contribution is 6.36. The number of para-hydroxylation sites is 1. The molecule has 4 fully saturated rings. The standard InChI is InChI=1S/C45H42Cl2N4O8/c1-57-30-13-6-26(7-14-30)45-35(42(54)51(44(45)56)48-37-17-8-27(46)24-36(37)47)25-34-31(40(45)32-4-2-3-5-38(32)59-23-20-52)15-16-33-39(34)43(55)50(41(33)53)29-11-9-28(10-12-29)49-18-21-58-22-19-49/h2-15,17,24,33-35,39-40,48,52H,16,18-23,25H2,1H3. The minimum atomic E-state index is -1.57. The summed E-state index contributed by atoms with van der Waals surface area (Å²) in [6.07, 6.45) is 2.36. The summed E-state index contributed by atoms with van der Waals surface area (Å²) < 4.78 is 17.2. The molecule has 14 heteroatoms. The first-order valence-corrected chi connectivity index (χ1v) is 20.5. The third-order valence-corrected chi connectivity index (χ3v) is 13.2. The van der Waals surface area contributed by atoms with Gasteiger partial charge in [0, 0.05) is 35.3 Å². The molecule has 5 aliphatic rings. The zero-order valence-corrected chi connectivity index (χ0v) is 33.7. The molecular weight excluding hydrogens is 795 g/mol. The van der Waals surface area contributed by atoms with Gasteiger partial charge in [0.05, 0.1) is 66.5 Å². The number of halogens is 2. The van der Waals surface area contributed by atoms with Crippen molar-refractivity contribution in [3.05, 3.63) is 124 Å². The van der Waals surface area contributed by atoms with E-state index >= 15 is 9.59 Å². The van der Waals surface area contributed by atoms with Crippen molar-refractivity contribution < 1.29 is 38.5 Å². The van der Waals surface area contributed by atoms with Crippen LogP contribution in [0.3, 0.4) is 0 Å². The maximum Gasteiger partial charge on any atom is 0.260 e. The van der Waals surface area contributed by atoms with E-state index in [1.807, 2.05) is 42.5 Å². The van der Waals surface area contributed by atoms with Gasteiger partial charge in [-0.05, 0) is 85.0 Å². The Kier molecular flexibility index (Phi) is 10.4. The molecule has 4 amide bonds. The summed E-state index contributed by atoms with van der Waals surface area (Å²) in [5.41, 5.74) is 5.17. The fraction of sp³-hybridized carbons (Fsp3) is 0.333. The Morgan fingerprint density at radius 1 is 0.864 bits per heavy atom. The molecule has 2 aliphatic carbocycles. The van der Waals surface area contributed by atoms with E-state index in [1.165, 1.54) is 11.0 Å². The van der Waals surface area contributed by atoms with Crippen LogP contribution in [-0.2, 0) is 29.3 Å². The van der Waals surface area contributed by atoms with E-state index in [2.05, 4.69) is 10.3 Å². The predicted molar refractivity (Wildman–Crippen MR) is 222 cm³/mol. The van der Waals surface area contributed by atoms with Gasteiger partial charge in [-0.15, -0.1) is 0 Å². The molecular formula is C45H42Cl2N4O8. The van der Waals surface area contributed by atoms with Gasteiger partial charge in [-0.2, -0.15) is 5.01 Å². The number of anilines is 3. The summed E-state index contributed by atoms with van der Waals surface area (Å²) in [5.74, 6) is -4.59. The molecule has 304 valence electrons. The third kappa shape index (κ3) is 6.35. The summed E-state index contributed by atoms with van der Waals surface area (Å²) in [6, 6.07) is 26.6. The average Bonchev–Trinajstić information content (AvgIpc) is 3.64. The number of hydrogen-bond donors (Lipinski definition) is 2. The maximum atomic E-state index is 15.6. The Morgan fingerprint density at radius 2 is 1.59 bits per heavy atom. The van der Waals surface area contributed by atoms with E-state index in [-0.39, 0.29) is 42.9 Å². The molecule has 6 unspecified atom stereocenters. The molecule has 0 aromatic heterocycles. The number of ether oxygens (including phenoxy) is 3. The number of fused-ring (bicyclic) bond motifs is 4. The minimum Gasteiger partial charge on any atom is -0.497 e. The fourth-order valence-electron chi connectivity index (χ4n) is 10.1. The van der Waals surface area contributed by atoms with E-state index in [1.54, 1.807) is 55.6 Å². The second-order valence-corrected chi connectivity index (χ2v) is 16.3. The van der Waals surface area contributed by atoms with Crippen LogP contribution in [-0.4, -0.2) is 80.4 Å².